The van der Waals surface area contributed by atoms with Gasteiger partial charge in [-0.15, -0.1) is 0 Å². The molecule has 0 aliphatic rings. The Morgan fingerprint density at radius 2 is 1.92 bits per heavy atom. The van der Waals surface area contributed by atoms with Crippen LogP contribution < -0.4 is 4.31 Å². The van der Waals surface area contributed by atoms with Gasteiger partial charge in [0.1, 0.15) is 0 Å². The monoisotopic (exact) mass is 198 g/mol. The molecule has 71 valence electrons. The Kier molecular flexibility index (Phi) is 2.93. The molecular formula is C9H12NO2S. The quantitative estimate of drug-likeness (QED) is 0.733. The van der Waals surface area contributed by atoms with Gasteiger partial charge in [0, 0.05) is 6.54 Å². The van der Waals surface area contributed by atoms with E-state index >= 15 is 0 Å². The van der Waals surface area contributed by atoms with E-state index in [0.29, 0.717) is 12.2 Å². The minimum atomic E-state index is -3.15. The van der Waals surface area contributed by atoms with Gasteiger partial charge < -0.3 is 0 Å². The van der Waals surface area contributed by atoms with Crippen LogP contribution in [-0.2, 0) is 10.0 Å². The van der Waals surface area contributed by atoms with Crippen molar-refractivity contribution in [2.75, 3.05) is 17.1 Å². The Morgan fingerprint density at radius 3 is 2.31 bits per heavy atom. The molecular weight excluding hydrogens is 186 g/mol. The van der Waals surface area contributed by atoms with E-state index in [2.05, 4.69) is 6.07 Å². The zero-order chi connectivity index (χ0) is 9.90. The van der Waals surface area contributed by atoms with Crippen LogP contribution in [-0.4, -0.2) is 21.2 Å². The summed E-state index contributed by atoms with van der Waals surface area (Å²) in [5.74, 6) is 0. The first-order valence-electron chi connectivity index (χ1n) is 3.99. The van der Waals surface area contributed by atoms with Crippen molar-refractivity contribution in [3.05, 3.63) is 30.3 Å². The molecule has 0 aliphatic carbocycles. The van der Waals surface area contributed by atoms with Gasteiger partial charge in [-0.05, 0) is 25.1 Å². The zero-order valence-corrected chi connectivity index (χ0v) is 8.50. The normalized spacial score (nSPS) is 11.2. The summed E-state index contributed by atoms with van der Waals surface area (Å²) in [5.41, 5.74) is 0.684. The molecule has 0 spiro atoms. The molecule has 1 aromatic carbocycles. The van der Waals surface area contributed by atoms with E-state index in [1.807, 2.05) is 0 Å². The SMILES string of the molecule is CCN(c1cc[c]cc1)S(C)(=O)=O. The lowest BCUT2D eigenvalue weighted by Crippen LogP contribution is -2.29. The van der Waals surface area contributed by atoms with Crippen LogP contribution in [0.1, 0.15) is 6.92 Å². The maximum Gasteiger partial charge on any atom is 0.232 e. The lowest BCUT2D eigenvalue weighted by atomic mass is 10.3. The van der Waals surface area contributed by atoms with Crippen LogP contribution in [0.5, 0.6) is 0 Å². The highest BCUT2D eigenvalue weighted by molar-refractivity contribution is 7.92. The second kappa shape index (κ2) is 3.79. The molecule has 0 aliphatic heterocycles. The molecule has 4 heteroatoms. The number of hydrogen-bond acceptors (Lipinski definition) is 2. The van der Waals surface area contributed by atoms with E-state index in [1.165, 1.54) is 10.6 Å². The minimum Gasteiger partial charge on any atom is -0.271 e. The van der Waals surface area contributed by atoms with Crippen LogP contribution >= 0.6 is 0 Å². The number of rotatable bonds is 3. The highest BCUT2D eigenvalue weighted by Gasteiger charge is 2.13. The molecule has 3 nitrogen and oxygen atoms in total. The molecule has 0 heterocycles. The molecule has 0 fully saturated rings. The van der Waals surface area contributed by atoms with Crippen molar-refractivity contribution in [3.8, 4) is 0 Å². The Balaban J connectivity index is 3.06. The summed E-state index contributed by atoms with van der Waals surface area (Å²) in [4.78, 5) is 0. The average molecular weight is 198 g/mol. The van der Waals surface area contributed by atoms with E-state index < -0.39 is 10.0 Å². The highest BCUT2D eigenvalue weighted by Crippen LogP contribution is 2.15. The van der Waals surface area contributed by atoms with E-state index in [1.54, 1.807) is 31.2 Å². The minimum absolute atomic E-state index is 0.447. The Bertz CT molecular complexity index is 358. The van der Waals surface area contributed by atoms with Crippen molar-refractivity contribution in [3.63, 3.8) is 0 Å². The van der Waals surface area contributed by atoms with Crippen LogP contribution in [0.25, 0.3) is 0 Å². The number of benzene rings is 1. The third-order valence-corrected chi connectivity index (χ3v) is 2.95. The Morgan fingerprint density at radius 1 is 1.38 bits per heavy atom. The molecule has 1 aromatic rings. The Labute approximate surface area is 79.0 Å². The summed E-state index contributed by atoms with van der Waals surface area (Å²) in [6, 6.07) is 9.69. The summed E-state index contributed by atoms with van der Waals surface area (Å²) >= 11 is 0. The first kappa shape index (κ1) is 10.1. The summed E-state index contributed by atoms with van der Waals surface area (Å²) in [5, 5.41) is 0. The third kappa shape index (κ3) is 2.45. The van der Waals surface area contributed by atoms with E-state index in [0.717, 1.165) is 0 Å². The predicted octanol–water partition coefficient (Wildman–Crippen LogP) is 1.27. The third-order valence-electron chi connectivity index (χ3n) is 1.68. The van der Waals surface area contributed by atoms with Crippen LogP contribution in [0.3, 0.4) is 0 Å². The first-order chi connectivity index (χ1) is 6.05. The summed E-state index contributed by atoms with van der Waals surface area (Å²) < 4.78 is 23.9. The average Bonchev–Trinajstić information content (AvgIpc) is 2.05. The van der Waals surface area contributed by atoms with Crippen LogP contribution in [0.15, 0.2) is 24.3 Å². The molecule has 1 radical (unpaired) electrons. The fourth-order valence-electron chi connectivity index (χ4n) is 1.15. The molecule has 0 saturated heterocycles. The second-order valence-electron chi connectivity index (χ2n) is 2.69. The standard InChI is InChI=1S/C9H12NO2S/c1-3-10(13(2,11)12)9-7-5-4-6-8-9/h5-8H,3H2,1-2H3. The van der Waals surface area contributed by atoms with Gasteiger partial charge in [0.15, 0.2) is 0 Å². The molecule has 0 atom stereocenters. The van der Waals surface area contributed by atoms with Crippen LogP contribution in [0.2, 0.25) is 0 Å². The lowest BCUT2D eigenvalue weighted by Gasteiger charge is -2.19. The van der Waals surface area contributed by atoms with Gasteiger partial charge in [0.2, 0.25) is 10.0 Å². The molecule has 13 heavy (non-hydrogen) atoms. The molecule has 0 N–H and O–H groups in total. The van der Waals surface area contributed by atoms with Gasteiger partial charge in [0.05, 0.1) is 11.9 Å². The van der Waals surface area contributed by atoms with Gasteiger partial charge in [0.25, 0.3) is 0 Å². The molecule has 0 saturated carbocycles. The molecule has 0 unspecified atom stereocenters. The molecule has 1 rings (SSSR count). The van der Waals surface area contributed by atoms with E-state index in [-0.39, 0.29) is 0 Å². The van der Waals surface area contributed by atoms with Crippen LogP contribution in [0.4, 0.5) is 5.69 Å². The summed E-state index contributed by atoms with van der Waals surface area (Å²) in [7, 11) is -3.15. The predicted molar refractivity (Wildman–Crippen MR) is 53.1 cm³/mol. The van der Waals surface area contributed by atoms with E-state index in [9.17, 15) is 8.42 Å². The topological polar surface area (TPSA) is 37.4 Å². The summed E-state index contributed by atoms with van der Waals surface area (Å²) in [6.45, 7) is 2.25. The van der Waals surface area contributed by atoms with Crippen molar-refractivity contribution >= 4 is 15.7 Å². The van der Waals surface area contributed by atoms with Crippen LogP contribution in [0, 0.1) is 6.07 Å². The van der Waals surface area contributed by atoms with Crippen molar-refractivity contribution < 1.29 is 8.42 Å². The van der Waals surface area contributed by atoms with E-state index in [4.69, 9.17) is 0 Å². The van der Waals surface area contributed by atoms with Crippen molar-refractivity contribution in [2.24, 2.45) is 0 Å². The fourth-order valence-corrected chi connectivity index (χ4v) is 2.13. The maximum atomic E-state index is 11.3. The number of anilines is 1. The molecule has 0 bridgehead atoms. The largest absolute Gasteiger partial charge is 0.271 e. The van der Waals surface area contributed by atoms with Crippen molar-refractivity contribution in [1.82, 2.24) is 0 Å². The van der Waals surface area contributed by atoms with Gasteiger partial charge in [-0.2, -0.15) is 0 Å². The summed E-state index contributed by atoms with van der Waals surface area (Å²) in [6.07, 6.45) is 1.20. The molecule has 0 aromatic heterocycles. The maximum absolute atomic E-state index is 11.3. The van der Waals surface area contributed by atoms with Gasteiger partial charge in [-0.3, -0.25) is 4.31 Å². The number of hydrogen-bond donors (Lipinski definition) is 0. The smallest absolute Gasteiger partial charge is 0.232 e. The van der Waals surface area contributed by atoms with Gasteiger partial charge in [-0.25, -0.2) is 8.42 Å². The Hall–Kier alpha value is -1.03. The lowest BCUT2D eigenvalue weighted by molar-refractivity contribution is 0.598. The van der Waals surface area contributed by atoms with Gasteiger partial charge in [-0.1, -0.05) is 12.1 Å². The second-order valence-corrected chi connectivity index (χ2v) is 4.59. The first-order valence-corrected chi connectivity index (χ1v) is 5.84. The van der Waals surface area contributed by atoms with Crippen molar-refractivity contribution in [1.29, 1.82) is 0 Å². The molecule has 0 amide bonds. The number of sulfonamides is 1. The van der Waals surface area contributed by atoms with Crippen molar-refractivity contribution in [2.45, 2.75) is 6.92 Å². The highest BCUT2D eigenvalue weighted by atomic mass is 32.2. The number of nitrogens with zero attached hydrogens (tertiary/aromatic N) is 1. The van der Waals surface area contributed by atoms with Gasteiger partial charge >= 0.3 is 0 Å². The zero-order valence-electron chi connectivity index (χ0n) is 7.69. The fraction of sp³-hybridized carbons (Fsp3) is 0.333.